The molecule has 0 radical (unpaired) electrons. The van der Waals surface area contributed by atoms with Crippen molar-refractivity contribution >= 4 is 16.8 Å². The monoisotopic (exact) mass is 302 g/mol. The molecular formula is C18H26N2O2. The smallest absolute Gasteiger partial charge is 0.253 e. The Morgan fingerprint density at radius 1 is 1.32 bits per heavy atom. The van der Waals surface area contributed by atoms with Crippen molar-refractivity contribution in [2.75, 3.05) is 13.2 Å². The van der Waals surface area contributed by atoms with Gasteiger partial charge in [0.2, 0.25) is 0 Å². The van der Waals surface area contributed by atoms with Gasteiger partial charge in [0.15, 0.2) is 0 Å². The number of nitrogens with one attached hydrogen (secondary N) is 2. The van der Waals surface area contributed by atoms with E-state index in [1.54, 1.807) is 0 Å². The van der Waals surface area contributed by atoms with E-state index in [4.69, 9.17) is 0 Å². The fourth-order valence-electron chi connectivity index (χ4n) is 2.62. The highest BCUT2D eigenvalue weighted by Gasteiger charge is 2.17. The lowest BCUT2D eigenvalue weighted by Crippen LogP contribution is -2.26. The third-order valence-corrected chi connectivity index (χ3v) is 4.33. The molecule has 0 saturated carbocycles. The normalized spacial score (nSPS) is 11.9. The van der Waals surface area contributed by atoms with Crippen LogP contribution in [0, 0.1) is 19.3 Å². The van der Waals surface area contributed by atoms with E-state index in [0.717, 1.165) is 29.4 Å². The van der Waals surface area contributed by atoms with Crippen molar-refractivity contribution in [2.45, 2.75) is 40.5 Å². The molecule has 0 saturated heterocycles. The molecule has 3 N–H and O–H groups in total. The van der Waals surface area contributed by atoms with Crippen LogP contribution >= 0.6 is 0 Å². The molecule has 22 heavy (non-hydrogen) atoms. The topological polar surface area (TPSA) is 65.1 Å². The van der Waals surface area contributed by atoms with Gasteiger partial charge in [0.1, 0.15) is 0 Å². The first kappa shape index (κ1) is 16.6. The van der Waals surface area contributed by atoms with Gasteiger partial charge in [-0.3, -0.25) is 4.79 Å². The van der Waals surface area contributed by atoms with Crippen molar-refractivity contribution in [1.82, 2.24) is 10.3 Å². The van der Waals surface area contributed by atoms with Crippen molar-refractivity contribution in [2.24, 2.45) is 5.41 Å². The molecule has 0 unspecified atom stereocenters. The Labute approximate surface area is 131 Å². The second-order valence-electron chi connectivity index (χ2n) is 6.78. The molecule has 2 aromatic rings. The average molecular weight is 302 g/mol. The maximum absolute atomic E-state index is 12.4. The zero-order valence-corrected chi connectivity index (χ0v) is 13.9. The van der Waals surface area contributed by atoms with Crippen LogP contribution in [0.4, 0.5) is 0 Å². The second-order valence-corrected chi connectivity index (χ2v) is 6.78. The number of aliphatic hydroxyl groups is 1. The van der Waals surface area contributed by atoms with Gasteiger partial charge in [-0.15, -0.1) is 0 Å². The van der Waals surface area contributed by atoms with Crippen molar-refractivity contribution in [3.8, 4) is 0 Å². The summed E-state index contributed by atoms with van der Waals surface area (Å²) in [5.74, 6) is -0.0475. The average Bonchev–Trinajstić information content (AvgIpc) is 2.79. The fraction of sp³-hybridized carbons (Fsp3) is 0.500. The van der Waals surface area contributed by atoms with Gasteiger partial charge in [0.05, 0.1) is 11.1 Å². The van der Waals surface area contributed by atoms with E-state index >= 15 is 0 Å². The van der Waals surface area contributed by atoms with Gasteiger partial charge in [0.25, 0.3) is 5.91 Å². The molecule has 0 spiro atoms. The second kappa shape index (κ2) is 6.53. The van der Waals surface area contributed by atoms with E-state index < -0.39 is 0 Å². The standard InChI is InChI=1S/C18H26N2O2/c1-12-13(2)20-16-14(12)7-5-8-15(16)17(22)19-10-6-9-18(3,4)11-21/h5,7-8,20-21H,6,9-11H2,1-4H3,(H,19,22). The molecule has 4 nitrogen and oxygen atoms in total. The minimum absolute atomic E-state index is 0.0475. The lowest BCUT2D eigenvalue weighted by Gasteiger charge is -2.21. The summed E-state index contributed by atoms with van der Waals surface area (Å²) in [7, 11) is 0. The number of aryl methyl sites for hydroxylation is 2. The molecule has 0 aliphatic carbocycles. The van der Waals surface area contributed by atoms with Gasteiger partial charge in [-0.05, 0) is 43.7 Å². The van der Waals surface area contributed by atoms with E-state index in [9.17, 15) is 9.90 Å². The Balaban J connectivity index is 2.03. The maximum Gasteiger partial charge on any atom is 0.253 e. The van der Waals surface area contributed by atoms with Crippen molar-refractivity contribution in [1.29, 1.82) is 0 Å². The predicted molar refractivity (Wildman–Crippen MR) is 90.2 cm³/mol. The quantitative estimate of drug-likeness (QED) is 0.717. The van der Waals surface area contributed by atoms with Crippen LogP contribution in [0.5, 0.6) is 0 Å². The number of carbonyl (C=O) groups is 1. The summed E-state index contributed by atoms with van der Waals surface area (Å²) in [4.78, 5) is 15.7. The van der Waals surface area contributed by atoms with Crippen LogP contribution in [-0.4, -0.2) is 29.1 Å². The molecule has 1 heterocycles. The molecule has 120 valence electrons. The Morgan fingerprint density at radius 3 is 2.73 bits per heavy atom. The number of H-pyrrole nitrogens is 1. The van der Waals surface area contributed by atoms with E-state index in [1.165, 1.54) is 5.56 Å². The molecule has 0 aliphatic rings. The third-order valence-electron chi connectivity index (χ3n) is 4.33. The first-order chi connectivity index (χ1) is 10.4. The molecule has 2 rings (SSSR count). The summed E-state index contributed by atoms with van der Waals surface area (Å²) >= 11 is 0. The molecular weight excluding hydrogens is 276 g/mol. The molecule has 1 aromatic heterocycles. The van der Waals surface area contributed by atoms with Crippen LogP contribution in [-0.2, 0) is 0 Å². The van der Waals surface area contributed by atoms with Gasteiger partial charge in [-0.2, -0.15) is 0 Å². The highest BCUT2D eigenvalue weighted by molar-refractivity contribution is 6.06. The number of amides is 1. The highest BCUT2D eigenvalue weighted by atomic mass is 16.3. The van der Waals surface area contributed by atoms with Gasteiger partial charge >= 0.3 is 0 Å². The van der Waals surface area contributed by atoms with Gasteiger partial charge in [-0.1, -0.05) is 26.0 Å². The van der Waals surface area contributed by atoms with Crippen LogP contribution in [0.2, 0.25) is 0 Å². The zero-order chi connectivity index (χ0) is 16.3. The molecule has 0 bridgehead atoms. The molecule has 0 fully saturated rings. The molecule has 1 amide bonds. The summed E-state index contributed by atoms with van der Waals surface area (Å²) in [5.41, 5.74) is 3.80. The largest absolute Gasteiger partial charge is 0.396 e. The van der Waals surface area contributed by atoms with Crippen molar-refractivity contribution in [3.63, 3.8) is 0 Å². The molecule has 4 heteroatoms. The summed E-state index contributed by atoms with van der Waals surface area (Å²) in [5, 5.41) is 13.3. The number of aromatic amines is 1. The zero-order valence-electron chi connectivity index (χ0n) is 13.9. The van der Waals surface area contributed by atoms with E-state index in [-0.39, 0.29) is 17.9 Å². The van der Waals surface area contributed by atoms with Gasteiger partial charge in [-0.25, -0.2) is 0 Å². The van der Waals surface area contributed by atoms with Crippen LogP contribution in [0.25, 0.3) is 10.9 Å². The van der Waals surface area contributed by atoms with Crippen LogP contribution in [0.15, 0.2) is 18.2 Å². The lowest BCUT2D eigenvalue weighted by molar-refractivity contribution is 0.0950. The van der Waals surface area contributed by atoms with Crippen LogP contribution in [0.3, 0.4) is 0 Å². The summed E-state index contributed by atoms with van der Waals surface area (Å²) in [6, 6.07) is 5.81. The maximum atomic E-state index is 12.4. The number of para-hydroxylation sites is 1. The predicted octanol–water partition coefficient (Wildman–Crippen LogP) is 3.31. The summed E-state index contributed by atoms with van der Waals surface area (Å²) < 4.78 is 0. The number of aliphatic hydroxyl groups excluding tert-OH is 1. The van der Waals surface area contributed by atoms with E-state index in [1.807, 2.05) is 39.0 Å². The lowest BCUT2D eigenvalue weighted by atomic mass is 9.89. The molecule has 0 atom stereocenters. The number of hydrogen-bond donors (Lipinski definition) is 3. The first-order valence-corrected chi connectivity index (χ1v) is 7.83. The van der Waals surface area contributed by atoms with E-state index in [2.05, 4.69) is 17.2 Å². The summed E-state index contributed by atoms with van der Waals surface area (Å²) in [6.07, 6.45) is 1.74. The SMILES string of the molecule is Cc1[nH]c2c(C(=O)NCCCC(C)(C)CO)cccc2c1C. The van der Waals surface area contributed by atoms with Crippen molar-refractivity contribution < 1.29 is 9.90 Å². The van der Waals surface area contributed by atoms with Crippen molar-refractivity contribution in [3.05, 3.63) is 35.0 Å². The minimum Gasteiger partial charge on any atom is -0.396 e. The number of benzene rings is 1. The number of rotatable bonds is 6. The minimum atomic E-state index is -0.0849. The molecule has 0 aliphatic heterocycles. The third kappa shape index (κ3) is 3.50. The van der Waals surface area contributed by atoms with Crippen LogP contribution < -0.4 is 5.32 Å². The first-order valence-electron chi connectivity index (χ1n) is 7.83. The summed E-state index contributed by atoms with van der Waals surface area (Å²) in [6.45, 7) is 8.93. The Kier molecular flexibility index (Phi) is 4.91. The van der Waals surface area contributed by atoms with Crippen LogP contribution in [0.1, 0.15) is 48.3 Å². The Hall–Kier alpha value is -1.81. The molecule has 1 aromatic carbocycles. The number of carbonyl (C=O) groups excluding carboxylic acids is 1. The number of aromatic nitrogens is 1. The number of hydrogen-bond acceptors (Lipinski definition) is 2. The fourth-order valence-corrected chi connectivity index (χ4v) is 2.62. The highest BCUT2D eigenvalue weighted by Crippen LogP contribution is 2.24. The van der Waals surface area contributed by atoms with E-state index in [0.29, 0.717) is 12.1 Å². The van der Waals surface area contributed by atoms with Gasteiger partial charge < -0.3 is 15.4 Å². The Bertz CT molecular complexity index is 671. The van der Waals surface area contributed by atoms with Gasteiger partial charge in [0, 0.05) is 24.2 Å². The Morgan fingerprint density at radius 2 is 2.05 bits per heavy atom. The number of fused-ring (bicyclic) bond motifs is 1.